The normalized spacial score (nSPS) is 12.9. The van der Waals surface area contributed by atoms with E-state index in [1.807, 2.05) is 19.1 Å². The zero-order valence-corrected chi connectivity index (χ0v) is 9.21. The molecule has 0 saturated heterocycles. The van der Waals surface area contributed by atoms with Crippen molar-refractivity contribution in [2.24, 2.45) is 5.73 Å². The first-order chi connectivity index (χ1) is 6.13. The highest BCUT2D eigenvalue weighted by atomic mass is 79.9. The third kappa shape index (κ3) is 3.10. The SMILES string of the molecule is Cc1ccc(CC(N)CO)c(Br)c1. The van der Waals surface area contributed by atoms with Crippen LogP contribution in [0.2, 0.25) is 0 Å². The van der Waals surface area contributed by atoms with Gasteiger partial charge in [-0.25, -0.2) is 0 Å². The summed E-state index contributed by atoms with van der Waals surface area (Å²) in [5.74, 6) is 0. The van der Waals surface area contributed by atoms with Gasteiger partial charge in [-0.2, -0.15) is 0 Å². The molecule has 0 saturated carbocycles. The Hall–Kier alpha value is -0.380. The maximum atomic E-state index is 8.80. The molecule has 1 aromatic carbocycles. The van der Waals surface area contributed by atoms with Gasteiger partial charge in [0.25, 0.3) is 0 Å². The highest BCUT2D eigenvalue weighted by Gasteiger charge is 2.05. The van der Waals surface area contributed by atoms with E-state index in [0.717, 1.165) is 10.0 Å². The van der Waals surface area contributed by atoms with E-state index >= 15 is 0 Å². The molecule has 72 valence electrons. The molecule has 0 aliphatic rings. The molecule has 1 atom stereocenters. The van der Waals surface area contributed by atoms with Crippen LogP contribution in [0, 0.1) is 6.92 Å². The van der Waals surface area contributed by atoms with Crippen LogP contribution in [-0.2, 0) is 6.42 Å². The minimum Gasteiger partial charge on any atom is -0.395 e. The van der Waals surface area contributed by atoms with Crippen molar-refractivity contribution in [1.82, 2.24) is 0 Å². The molecule has 2 nitrogen and oxygen atoms in total. The molecule has 1 aromatic rings. The summed E-state index contributed by atoms with van der Waals surface area (Å²) in [5.41, 5.74) is 8.00. The molecule has 0 amide bonds. The van der Waals surface area contributed by atoms with Crippen LogP contribution in [0.3, 0.4) is 0 Å². The Kier molecular flexibility index (Phi) is 3.90. The maximum Gasteiger partial charge on any atom is 0.0585 e. The van der Waals surface area contributed by atoms with Gasteiger partial charge in [-0.15, -0.1) is 0 Å². The van der Waals surface area contributed by atoms with Gasteiger partial charge in [0.05, 0.1) is 6.61 Å². The van der Waals surface area contributed by atoms with Gasteiger partial charge in [0.2, 0.25) is 0 Å². The first kappa shape index (κ1) is 10.7. The number of nitrogens with two attached hydrogens (primary N) is 1. The van der Waals surface area contributed by atoms with Crippen molar-refractivity contribution in [3.63, 3.8) is 0 Å². The van der Waals surface area contributed by atoms with Crippen LogP contribution in [0.15, 0.2) is 22.7 Å². The lowest BCUT2D eigenvalue weighted by Gasteiger charge is -2.10. The fraction of sp³-hybridized carbons (Fsp3) is 0.400. The molecule has 0 bridgehead atoms. The summed E-state index contributed by atoms with van der Waals surface area (Å²) in [5, 5.41) is 8.80. The summed E-state index contributed by atoms with van der Waals surface area (Å²) in [4.78, 5) is 0. The molecule has 0 aromatic heterocycles. The number of aliphatic hydroxyl groups excluding tert-OH is 1. The number of aryl methyl sites for hydroxylation is 1. The summed E-state index contributed by atoms with van der Waals surface area (Å²) >= 11 is 3.47. The van der Waals surface area contributed by atoms with E-state index in [2.05, 4.69) is 22.0 Å². The largest absolute Gasteiger partial charge is 0.395 e. The Morgan fingerprint density at radius 1 is 1.54 bits per heavy atom. The number of hydrogen-bond donors (Lipinski definition) is 2. The predicted octanol–water partition coefficient (Wildman–Crippen LogP) is 1.62. The Labute approximate surface area is 86.9 Å². The number of hydrogen-bond acceptors (Lipinski definition) is 2. The van der Waals surface area contributed by atoms with Crippen molar-refractivity contribution in [3.05, 3.63) is 33.8 Å². The highest BCUT2D eigenvalue weighted by Crippen LogP contribution is 2.19. The van der Waals surface area contributed by atoms with Crippen molar-refractivity contribution in [2.45, 2.75) is 19.4 Å². The number of rotatable bonds is 3. The molecular formula is C10H14BrNO. The predicted molar refractivity (Wildman–Crippen MR) is 57.6 cm³/mol. The highest BCUT2D eigenvalue weighted by molar-refractivity contribution is 9.10. The second kappa shape index (κ2) is 4.74. The first-order valence-electron chi connectivity index (χ1n) is 4.25. The van der Waals surface area contributed by atoms with E-state index in [1.165, 1.54) is 5.56 Å². The van der Waals surface area contributed by atoms with Crippen molar-refractivity contribution in [1.29, 1.82) is 0 Å². The molecule has 0 heterocycles. The van der Waals surface area contributed by atoms with E-state index in [9.17, 15) is 0 Å². The minimum absolute atomic E-state index is 0.0281. The second-order valence-electron chi connectivity index (χ2n) is 3.24. The Morgan fingerprint density at radius 2 is 2.23 bits per heavy atom. The van der Waals surface area contributed by atoms with Crippen molar-refractivity contribution >= 4 is 15.9 Å². The molecule has 0 radical (unpaired) electrons. The van der Waals surface area contributed by atoms with Crippen LogP contribution in [0.25, 0.3) is 0 Å². The average Bonchev–Trinajstić information content (AvgIpc) is 2.09. The van der Waals surface area contributed by atoms with E-state index in [4.69, 9.17) is 10.8 Å². The summed E-state index contributed by atoms with van der Waals surface area (Å²) in [6, 6.07) is 5.97. The topological polar surface area (TPSA) is 46.2 Å². The average molecular weight is 244 g/mol. The van der Waals surface area contributed by atoms with Gasteiger partial charge in [-0.1, -0.05) is 28.1 Å². The third-order valence-corrected chi connectivity index (χ3v) is 2.66. The van der Waals surface area contributed by atoms with Gasteiger partial charge in [0, 0.05) is 10.5 Å². The number of aliphatic hydroxyl groups is 1. The standard InChI is InChI=1S/C10H14BrNO/c1-7-2-3-8(10(11)4-7)5-9(12)6-13/h2-4,9,13H,5-6,12H2,1H3. The Bertz CT molecular complexity index is 288. The van der Waals surface area contributed by atoms with E-state index < -0.39 is 0 Å². The lowest BCUT2D eigenvalue weighted by molar-refractivity contribution is 0.265. The van der Waals surface area contributed by atoms with Gasteiger partial charge >= 0.3 is 0 Å². The Balaban J connectivity index is 2.77. The monoisotopic (exact) mass is 243 g/mol. The number of halogens is 1. The van der Waals surface area contributed by atoms with Crippen molar-refractivity contribution < 1.29 is 5.11 Å². The maximum absolute atomic E-state index is 8.80. The molecule has 13 heavy (non-hydrogen) atoms. The van der Waals surface area contributed by atoms with Crippen LogP contribution in [0.4, 0.5) is 0 Å². The molecule has 3 heteroatoms. The van der Waals surface area contributed by atoms with Crippen LogP contribution < -0.4 is 5.73 Å². The molecule has 1 rings (SSSR count). The van der Waals surface area contributed by atoms with E-state index in [-0.39, 0.29) is 12.6 Å². The second-order valence-corrected chi connectivity index (χ2v) is 4.10. The zero-order valence-electron chi connectivity index (χ0n) is 7.63. The summed E-state index contributed by atoms with van der Waals surface area (Å²) in [7, 11) is 0. The molecule has 0 aliphatic carbocycles. The molecule has 0 fully saturated rings. The van der Waals surface area contributed by atoms with Crippen LogP contribution in [-0.4, -0.2) is 17.8 Å². The minimum atomic E-state index is -0.168. The lowest BCUT2D eigenvalue weighted by atomic mass is 10.1. The third-order valence-electron chi connectivity index (χ3n) is 1.93. The van der Waals surface area contributed by atoms with Gasteiger partial charge in [-0.3, -0.25) is 0 Å². The molecule has 0 aliphatic heterocycles. The molecule has 1 unspecified atom stereocenters. The van der Waals surface area contributed by atoms with Crippen molar-refractivity contribution in [2.75, 3.05) is 6.61 Å². The quantitative estimate of drug-likeness (QED) is 0.848. The molecule has 3 N–H and O–H groups in total. The Morgan fingerprint density at radius 3 is 2.77 bits per heavy atom. The zero-order chi connectivity index (χ0) is 9.84. The van der Waals surface area contributed by atoms with Crippen LogP contribution in [0.1, 0.15) is 11.1 Å². The van der Waals surface area contributed by atoms with Crippen molar-refractivity contribution in [3.8, 4) is 0 Å². The first-order valence-corrected chi connectivity index (χ1v) is 5.04. The molecular weight excluding hydrogens is 230 g/mol. The smallest absolute Gasteiger partial charge is 0.0585 e. The summed E-state index contributed by atoms with van der Waals surface area (Å²) < 4.78 is 1.07. The van der Waals surface area contributed by atoms with E-state index in [0.29, 0.717) is 6.42 Å². The van der Waals surface area contributed by atoms with Crippen LogP contribution in [0.5, 0.6) is 0 Å². The fourth-order valence-electron chi connectivity index (χ4n) is 1.16. The fourth-order valence-corrected chi connectivity index (χ4v) is 1.82. The summed E-state index contributed by atoms with van der Waals surface area (Å²) in [6.07, 6.45) is 0.706. The van der Waals surface area contributed by atoms with Gasteiger partial charge < -0.3 is 10.8 Å². The van der Waals surface area contributed by atoms with E-state index in [1.54, 1.807) is 0 Å². The van der Waals surface area contributed by atoms with Gasteiger partial charge in [0.1, 0.15) is 0 Å². The molecule has 0 spiro atoms. The van der Waals surface area contributed by atoms with Gasteiger partial charge in [-0.05, 0) is 30.5 Å². The van der Waals surface area contributed by atoms with Crippen LogP contribution >= 0.6 is 15.9 Å². The summed E-state index contributed by atoms with van der Waals surface area (Å²) in [6.45, 7) is 2.07. The lowest BCUT2D eigenvalue weighted by Crippen LogP contribution is -2.26. The van der Waals surface area contributed by atoms with Gasteiger partial charge in [0.15, 0.2) is 0 Å². The number of benzene rings is 1.